The van der Waals surface area contributed by atoms with E-state index >= 15 is 0 Å². The van der Waals surface area contributed by atoms with Crippen molar-refractivity contribution in [1.29, 1.82) is 0 Å². The summed E-state index contributed by atoms with van der Waals surface area (Å²) < 4.78 is 18.6. The van der Waals surface area contributed by atoms with Crippen LogP contribution in [0.4, 0.5) is 0 Å². The Kier molecular flexibility index (Phi) is 32.1. The van der Waals surface area contributed by atoms with E-state index in [1.54, 1.807) is 0 Å². The molecule has 0 aromatic rings. The molecule has 264 valence electrons. The molecule has 0 atom stereocenters. The van der Waals surface area contributed by atoms with Crippen LogP contribution in [0, 0.1) is 0 Å². The van der Waals surface area contributed by atoms with Gasteiger partial charge < -0.3 is 0 Å². The number of hydrogen-bond acceptors (Lipinski definition) is 6. The van der Waals surface area contributed by atoms with Crippen LogP contribution in [-0.2, 0) is 23.6 Å². The Labute approximate surface area is 284 Å². The first-order valence-electron chi connectivity index (χ1n) is 19.2. The van der Waals surface area contributed by atoms with Crippen LogP contribution in [0.1, 0.15) is 213 Å². The molecule has 45 heavy (non-hydrogen) atoms. The predicted octanol–water partition coefficient (Wildman–Crippen LogP) is 12.0. The third kappa shape index (κ3) is 28.9. The maximum atomic E-state index is 12.8. The fourth-order valence-electron chi connectivity index (χ4n) is 5.56. The Bertz CT molecular complexity index is 637. The number of hydrogen-bond donors (Lipinski definition) is 0. The molecule has 0 spiro atoms. The molecule has 0 aromatic heterocycles. The molecular weight excluding hydrogens is 671 g/mol. The van der Waals surface area contributed by atoms with Crippen LogP contribution in [0.25, 0.3) is 0 Å². The van der Waals surface area contributed by atoms with Gasteiger partial charge in [-0.05, 0) is 0 Å². The van der Waals surface area contributed by atoms with Gasteiger partial charge in [0.05, 0.1) is 0 Å². The van der Waals surface area contributed by atoms with E-state index in [0.29, 0.717) is 19.3 Å². The first kappa shape index (κ1) is 43.9. The van der Waals surface area contributed by atoms with E-state index in [2.05, 4.69) is 27.4 Å². The van der Waals surface area contributed by atoms with E-state index in [9.17, 15) is 14.4 Å². The molecule has 0 bridgehead atoms. The zero-order valence-corrected chi connectivity index (χ0v) is 32.8. The normalized spacial score (nSPS) is 11.4. The summed E-state index contributed by atoms with van der Waals surface area (Å²) in [7, 11) is 0. The van der Waals surface area contributed by atoms with Crippen LogP contribution < -0.4 is 0 Å². The van der Waals surface area contributed by atoms with E-state index in [1.807, 2.05) is 0 Å². The monoisotopic (exact) mass is 744 g/mol. The topological polar surface area (TPSA) is 78.9 Å². The third-order valence-corrected chi connectivity index (χ3v) is 14.3. The molecule has 0 amide bonds. The quantitative estimate of drug-likeness (QED) is 0.0482. The summed E-state index contributed by atoms with van der Waals surface area (Å²) in [6.07, 6.45) is 31.6. The summed E-state index contributed by atoms with van der Waals surface area (Å²) in [5.74, 6) is -1.37. The van der Waals surface area contributed by atoms with Gasteiger partial charge in [-0.2, -0.15) is 0 Å². The molecule has 0 radical (unpaired) electrons. The van der Waals surface area contributed by atoms with Gasteiger partial charge in [0.15, 0.2) is 0 Å². The van der Waals surface area contributed by atoms with Gasteiger partial charge in [0.2, 0.25) is 0 Å². The van der Waals surface area contributed by atoms with Crippen molar-refractivity contribution in [3.63, 3.8) is 0 Å². The second-order valence-electron chi connectivity index (χ2n) is 13.0. The summed E-state index contributed by atoms with van der Waals surface area (Å²) in [5.41, 5.74) is 0. The van der Waals surface area contributed by atoms with Gasteiger partial charge in [0, 0.05) is 0 Å². The molecule has 0 aromatic carbocycles. The van der Waals surface area contributed by atoms with E-state index < -0.39 is 37.5 Å². The molecule has 0 aliphatic heterocycles. The second kappa shape index (κ2) is 32.9. The molecule has 6 nitrogen and oxygen atoms in total. The summed E-state index contributed by atoms with van der Waals surface area (Å²) in [5, 5.41) is 0. The maximum absolute atomic E-state index is 12.8. The fraction of sp³-hybridized carbons (Fsp3) is 0.868. The number of carbonyl (C=O) groups excluding carboxylic acids is 3. The minimum atomic E-state index is -4.96. The Morgan fingerprint density at radius 3 is 0.800 bits per heavy atom. The van der Waals surface area contributed by atoms with Crippen molar-refractivity contribution in [2.24, 2.45) is 0 Å². The van der Waals surface area contributed by atoms with Crippen molar-refractivity contribution in [1.82, 2.24) is 0 Å². The van der Waals surface area contributed by atoms with Crippen LogP contribution in [0.2, 0.25) is 0 Å². The number of unbranched alkanes of at least 4 members (excludes halogenated alkanes) is 24. The standard InChI is InChI=1S/3C12H24O2.C2H3.Sn/c3*1-2-3-4-5-6-7-8-9-10-11-12(13)14;1-2;/h3*2-11H2,1H3,(H,13,14);1H,2H2;/q;;;;+3/p-3. The molecule has 0 aliphatic carbocycles. The third-order valence-electron chi connectivity index (χ3n) is 8.47. The van der Waals surface area contributed by atoms with Crippen molar-refractivity contribution in [2.45, 2.75) is 213 Å². The average molecular weight is 744 g/mol. The molecule has 0 unspecified atom stereocenters. The molecular formula is C38H72O6Sn. The molecule has 0 heterocycles. The van der Waals surface area contributed by atoms with Gasteiger partial charge in [-0.25, -0.2) is 0 Å². The second-order valence-corrected chi connectivity index (χ2v) is 19.3. The number of rotatable bonds is 34. The summed E-state index contributed by atoms with van der Waals surface area (Å²) in [6, 6.07) is 0. The van der Waals surface area contributed by atoms with Crippen LogP contribution >= 0.6 is 0 Å². The first-order chi connectivity index (χ1) is 21.9. The summed E-state index contributed by atoms with van der Waals surface area (Å²) in [6.45, 7) is 10.5. The van der Waals surface area contributed by atoms with E-state index in [1.165, 1.54) is 120 Å². The fourth-order valence-corrected chi connectivity index (χ4v) is 10.2. The number of carbonyl (C=O) groups is 3. The van der Waals surface area contributed by atoms with Crippen LogP contribution in [0.3, 0.4) is 0 Å². The average Bonchev–Trinajstić information content (AvgIpc) is 3.02. The van der Waals surface area contributed by atoms with Gasteiger partial charge in [-0.1, -0.05) is 20.8 Å². The van der Waals surface area contributed by atoms with Gasteiger partial charge in [0.1, 0.15) is 0 Å². The van der Waals surface area contributed by atoms with Gasteiger partial charge >= 0.3 is 264 Å². The molecule has 0 rings (SSSR count). The first-order valence-corrected chi connectivity index (χ1v) is 24.4. The van der Waals surface area contributed by atoms with Crippen LogP contribution in [0.5, 0.6) is 0 Å². The van der Waals surface area contributed by atoms with E-state index in [-0.39, 0.29) is 19.3 Å². The molecule has 0 aliphatic rings. The van der Waals surface area contributed by atoms with E-state index in [4.69, 9.17) is 9.22 Å². The van der Waals surface area contributed by atoms with Crippen molar-refractivity contribution in [3.8, 4) is 0 Å². The molecule has 0 saturated heterocycles. The molecule has 0 saturated carbocycles. The molecule has 0 N–H and O–H groups in total. The molecule has 7 heteroatoms. The minimum Gasteiger partial charge on any atom is -0.0654 e. The van der Waals surface area contributed by atoms with Crippen molar-refractivity contribution in [3.05, 3.63) is 10.7 Å². The smallest absolute Gasteiger partial charge is 0.0654 e. The Morgan fingerprint density at radius 1 is 0.400 bits per heavy atom. The Morgan fingerprint density at radius 2 is 0.600 bits per heavy atom. The minimum absolute atomic E-state index is 0.230. The van der Waals surface area contributed by atoms with Crippen LogP contribution in [-0.4, -0.2) is 37.5 Å². The summed E-state index contributed by atoms with van der Waals surface area (Å²) >= 11 is -4.96. The Hall–Kier alpha value is -1.05. The van der Waals surface area contributed by atoms with Crippen molar-refractivity contribution < 1.29 is 23.6 Å². The van der Waals surface area contributed by atoms with Gasteiger partial charge in [-0.3, -0.25) is 0 Å². The zero-order valence-electron chi connectivity index (χ0n) is 29.9. The summed E-state index contributed by atoms with van der Waals surface area (Å²) in [4.78, 5) is 38.5. The SMILES string of the molecule is C=[CH][Sn]([O]C(=O)CCCCCCCCCCC)([O]C(=O)CCCCCCCCCCC)[O]C(=O)CCCCCCCCCCC. The van der Waals surface area contributed by atoms with Gasteiger partial charge in [0.25, 0.3) is 0 Å². The molecule has 0 fully saturated rings. The van der Waals surface area contributed by atoms with Crippen LogP contribution in [0.15, 0.2) is 10.7 Å². The van der Waals surface area contributed by atoms with E-state index in [0.717, 1.165) is 38.5 Å². The predicted molar refractivity (Wildman–Crippen MR) is 190 cm³/mol. The van der Waals surface area contributed by atoms with Crippen molar-refractivity contribution in [2.75, 3.05) is 0 Å². The van der Waals surface area contributed by atoms with Gasteiger partial charge in [-0.15, -0.1) is 0 Å². The Balaban J connectivity index is 4.73. The van der Waals surface area contributed by atoms with Crippen molar-refractivity contribution >= 4 is 37.5 Å². The zero-order chi connectivity index (χ0) is 33.3.